The van der Waals surface area contributed by atoms with E-state index in [0.717, 1.165) is 22.4 Å². The number of likely N-dealkylation sites (tertiary alicyclic amines) is 1. The van der Waals surface area contributed by atoms with Crippen LogP contribution in [0.3, 0.4) is 0 Å². The maximum atomic E-state index is 13.6. The van der Waals surface area contributed by atoms with Gasteiger partial charge in [0.1, 0.15) is 11.5 Å². The zero-order valence-corrected chi connectivity index (χ0v) is 20.9. The molecule has 2 aliphatic heterocycles. The van der Waals surface area contributed by atoms with Crippen LogP contribution in [0, 0.1) is 19.8 Å². The van der Waals surface area contributed by atoms with Gasteiger partial charge in [0.2, 0.25) is 5.91 Å². The minimum absolute atomic E-state index is 0.0602. The molecule has 0 aliphatic carbocycles. The molecule has 2 heterocycles. The van der Waals surface area contributed by atoms with Crippen molar-refractivity contribution >= 4 is 17.5 Å². The third-order valence-electron chi connectivity index (χ3n) is 7.02. The van der Waals surface area contributed by atoms with Crippen molar-refractivity contribution in [2.45, 2.75) is 39.2 Å². The van der Waals surface area contributed by atoms with Gasteiger partial charge in [-0.05, 0) is 63.0 Å². The number of carbonyl (C=O) groups excluding carboxylic acids is 2. The molecule has 8 heteroatoms. The minimum atomic E-state index is -0.256. The molecule has 2 N–H and O–H groups in total. The average Bonchev–Trinajstić information content (AvgIpc) is 3.29. The van der Waals surface area contributed by atoms with Gasteiger partial charge in [-0.3, -0.25) is 14.5 Å². The van der Waals surface area contributed by atoms with Crippen LogP contribution in [0.15, 0.2) is 41.5 Å². The second-order valence-corrected chi connectivity index (χ2v) is 9.38. The maximum absolute atomic E-state index is 13.6. The molecule has 0 saturated carbocycles. The highest BCUT2D eigenvalue weighted by atomic mass is 16.5. The molecule has 0 bridgehead atoms. The van der Waals surface area contributed by atoms with Crippen LogP contribution in [-0.4, -0.2) is 61.3 Å². The fourth-order valence-corrected chi connectivity index (χ4v) is 5.02. The molecule has 0 radical (unpaired) electrons. The second-order valence-electron chi connectivity index (χ2n) is 9.38. The molecule has 8 nitrogen and oxygen atoms in total. The van der Waals surface area contributed by atoms with Crippen molar-refractivity contribution in [3.63, 3.8) is 0 Å². The van der Waals surface area contributed by atoms with Crippen molar-refractivity contribution in [1.82, 2.24) is 9.91 Å². The van der Waals surface area contributed by atoms with Crippen LogP contribution in [0.5, 0.6) is 11.5 Å². The summed E-state index contributed by atoms with van der Waals surface area (Å²) in [5, 5.41) is 6.47. The van der Waals surface area contributed by atoms with E-state index in [2.05, 4.69) is 36.9 Å². The summed E-state index contributed by atoms with van der Waals surface area (Å²) in [6.45, 7) is 5.73. The lowest BCUT2D eigenvalue weighted by atomic mass is 9.93. The molecule has 1 atom stereocenters. The Morgan fingerprint density at radius 1 is 1.06 bits per heavy atom. The highest BCUT2D eigenvalue weighted by Crippen LogP contribution is 2.37. The average molecular weight is 479 g/mol. The van der Waals surface area contributed by atoms with E-state index in [9.17, 15) is 9.59 Å². The molecule has 0 unspecified atom stereocenters. The highest BCUT2D eigenvalue weighted by Gasteiger charge is 2.36. The van der Waals surface area contributed by atoms with Gasteiger partial charge in [-0.2, -0.15) is 5.10 Å². The van der Waals surface area contributed by atoms with Crippen LogP contribution in [0.25, 0.3) is 0 Å². The molecule has 2 aromatic carbocycles. The predicted molar refractivity (Wildman–Crippen MR) is 135 cm³/mol. The highest BCUT2D eigenvalue weighted by molar-refractivity contribution is 6.05. The summed E-state index contributed by atoms with van der Waals surface area (Å²) in [5.74, 6) is 0.930. The predicted octanol–water partition coefficient (Wildman–Crippen LogP) is 3.20. The van der Waals surface area contributed by atoms with Gasteiger partial charge in [-0.25, -0.2) is 5.01 Å². The van der Waals surface area contributed by atoms with E-state index >= 15 is 0 Å². The Bertz CT molecular complexity index is 1140. The largest absolute Gasteiger partial charge is 0.497 e. The van der Waals surface area contributed by atoms with Gasteiger partial charge in [0.15, 0.2) is 0 Å². The van der Waals surface area contributed by atoms with Gasteiger partial charge in [-0.15, -0.1) is 0 Å². The first-order valence-electron chi connectivity index (χ1n) is 12.0. The zero-order valence-electron chi connectivity index (χ0n) is 20.9. The number of hydrogen-bond donors (Lipinski definition) is 1. The minimum Gasteiger partial charge on any atom is -0.497 e. The lowest BCUT2D eigenvalue weighted by Crippen LogP contribution is -2.44. The molecule has 4 rings (SSSR count). The number of piperidine rings is 1. The summed E-state index contributed by atoms with van der Waals surface area (Å²) in [7, 11) is 3.23. The molecule has 1 fully saturated rings. The van der Waals surface area contributed by atoms with E-state index in [1.807, 2.05) is 18.2 Å². The Hall–Kier alpha value is -3.39. The normalized spacial score (nSPS) is 18.9. The van der Waals surface area contributed by atoms with E-state index in [1.165, 1.54) is 5.56 Å². The van der Waals surface area contributed by atoms with Crippen molar-refractivity contribution in [1.29, 1.82) is 0 Å². The molecule has 0 spiro atoms. The smallest absolute Gasteiger partial charge is 0.257 e. The third kappa shape index (κ3) is 5.32. The Kier molecular flexibility index (Phi) is 7.40. The van der Waals surface area contributed by atoms with E-state index in [1.54, 1.807) is 19.2 Å². The van der Waals surface area contributed by atoms with Gasteiger partial charge >= 0.3 is 0 Å². The molecule has 2 aromatic rings. The van der Waals surface area contributed by atoms with Gasteiger partial charge in [0.05, 0.1) is 32.5 Å². The molecule has 35 heavy (non-hydrogen) atoms. The summed E-state index contributed by atoms with van der Waals surface area (Å²) < 4.78 is 11.0. The summed E-state index contributed by atoms with van der Waals surface area (Å²) >= 11 is 0. The van der Waals surface area contributed by atoms with E-state index in [4.69, 9.17) is 20.3 Å². The van der Waals surface area contributed by atoms with Crippen LogP contribution < -0.4 is 15.2 Å². The lowest BCUT2D eigenvalue weighted by Gasteiger charge is -2.32. The molecular formula is C27H34N4O4. The Labute approximate surface area is 206 Å². The number of amides is 2. The number of hydrogen-bond acceptors (Lipinski definition) is 6. The molecule has 1 saturated heterocycles. The SMILES string of the molecule is COc1ccc(C2=NN(C(=O)CN3CCC(C(N)=O)CC3)[C@H](c3ccc(C)cc3C)C2)c(OC)c1. The number of primary amides is 1. The number of aryl methyl sites for hydroxylation is 2. The van der Waals surface area contributed by atoms with E-state index in [-0.39, 0.29) is 30.3 Å². The van der Waals surface area contributed by atoms with Crippen molar-refractivity contribution in [3.05, 3.63) is 58.7 Å². The van der Waals surface area contributed by atoms with Gasteiger partial charge in [-0.1, -0.05) is 23.8 Å². The zero-order chi connectivity index (χ0) is 25.1. The second kappa shape index (κ2) is 10.5. The number of nitrogens with zero attached hydrogens (tertiary/aromatic N) is 3. The Morgan fingerprint density at radius 2 is 1.80 bits per heavy atom. The third-order valence-corrected chi connectivity index (χ3v) is 7.02. The topological polar surface area (TPSA) is 97.5 Å². The lowest BCUT2D eigenvalue weighted by molar-refractivity contribution is -0.134. The molecule has 186 valence electrons. The Morgan fingerprint density at radius 3 is 2.43 bits per heavy atom. The first kappa shape index (κ1) is 24.7. The molecular weight excluding hydrogens is 444 g/mol. The summed E-state index contributed by atoms with van der Waals surface area (Å²) in [6.07, 6.45) is 1.95. The van der Waals surface area contributed by atoms with E-state index < -0.39 is 0 Å². The molecule has 2 aliphatic rings. The van der Waals surface area contributed by atoms with Crippen molar-refractivity contribution in [3.8, 4) is 11.5 Å². The van der Waals surface area contributed by atoms with Gasteiger partial charge in [0, 0.05) is 24.0 Å². The van der Waals surface area contributed by atoms with Crippen LogP contribution in [-0.2, 0) is 9.59 Å². The van der Waals surface area contributed by atoms with Crippen molar-refractivity contribution in [2.75, 3.05) is 33.9 Å². The fraction of sp³-hybridized carbons (Fsp3) is 0.444. The first-order valence-corrected chi connectivity index (χ1v) is 12.0. The summed E-state index contributed by atoms with van der Waals surface area (Å²) in [6, 6.07) is 11.7. The number of methoxy groups -OCH3 is 2. The maximum Gasteiger partial charge on any atom is 0.257 e. The number of hydrazone groups is 1. The van der Waals surface area contributed by atoms with Gasteiger partial charge in [0.25, 0.3) is 5.91 Å². The quantitative estimate of drug-likeness (QED) is 0.659. The molecule has 2 amide bonds. The molecule has 0 aromatic heterocycles. The van der Waals surface area contributed by atoms with Crippen LogP contribution in [0.1, 0.15) is 47.6 Å². The number of ether oxygens (including phenoxy) is 2. The van der Waals surface area contributed by atoms with Crippen LogP contribution >= 0.6 is 0 Å². The first-order chi connectivity index (χ1) is 16.8. The van der Waals surface area contributed by atoms with Gasteiger partial charge < -0.3 is 15.2 Å². The van der Waals surface area contributed by atoms with Crippen molar-refractivity contribution in [2.24, 2.45) is 16.8 Å². The monoisotopic (exact) mass is 478 g/mol. The fourth-order valence-electron chi connectivity index (χ4n) is 5.02. The number of benzene rings is 2. The number of nitrogens with two attached hydrogens (primary N) is 1. The van der Waals surface area contributed by atoms with Crippen LogP contribution in [0.2, 0.25) is 0 Å². The standard InChI is InChI=1S/C27H34N4O4/c1-17-5-7-21(18(2)13-17)24-15-23(22-8-6-20(34-3)14-25(22)35-4)29-31(24)26(32)16-30-11-9-19(10-12-30)27(28)33/h5-8,13-14,19,24H,9-12,15-16H2,1-4H3,(H2,28,33)/t24-/m0/s1. The summed E-state index contributed by atoms with van der Waals surface area (Å²) in [4.78, 5) is 27.1. The Balaban J connectivity index is 1.62. The van der Waals surface area contributed by atoms with Crippen LogP contribution in [0.4, 0.5) is 0 Å². The summed E-state index contributed by atoms with van der Waals surface area (Å²) in [5.41, 5.74) is 10.5. The van der Waals surface area contributed by atoms with E-state index in [0.29, 0.717) is 43.9 Å². The number of carbonyl (C=O) groups is 2. The number of rotatable bonds is 7. The van der Waals surface area contributed by atoms with Crippen molar-refractivity contribution < 1.29 is 19.1 Å².